The van der Waals surface area contributed by atoms with Crippen LogP contribution in [0.2, 0.25) is 0 Å². The quantitative estimate of drug-likeness (QED) is 0.393. The Morgan fingerprint density at radius 1 is 1.48 bits per heavy atom. The number of ether oxygens (including phenoxy) is 1. The SMILES string of the molecule is CC(COC(=O)c1[nH]cc[n+]1C)c1ccccc1[N+](=O)[O-]. The number of carbonyl (C=O) groups excluding carboxylic acids is 1. The van der Waals surface area contributed by atoms with E-state index < -0.39 is 10.9 Å². The summed E-state index contributed by atoms with van der Waals surface area (Å²) in [4.78, 5) is 25.2. The average Bonchev–Trinajstić information content (AvgIpc) is 2.90. The van der Waals surface area contributed by atoms with Crippen LogP contribution in [0.3, 0.4) is 0 Å². The first-order chi connectivity index (χ1) is 10.0. The lowest BCUT2D eigenvalue weighted by Gasteiger charge is -2.11. The molecule has 1 aromatic carbocycles. The molecule has 0 saturated carbocycles. The number of nitrogens with zero attached hydrogens (tertiary/aromatic N) is 2. The predicted molar refractivity (Wildman–Crippen MR) is 73.8 cm³/mol. The lowest BCUT2D eigenvalue weighted by atomic mass is 10.0. The number of aromatic nitrogens is 2. The summed E-state index contributed by atoms with van der Waals surface area (Å²) in [5.74, 6) is -0.437. The molecule has 1 heterocycles. The molecule has 21 heavy (non-hydrogen) atoms. The van der Waals surface area contributed by atoms with Gasteiger partial charge >= 0.3 is 11.8 Å². The van der Waals surface area contributed by atoms with Crippen LogP contribution < -0.4 is 4.57 Å². The molecule has 0 spiro atoms. The molecule has 1 N–H and O–H groups in total. The average molecular weight is 290 g/mol. The van der Waals surface area contributed by atoms with Crippen molar-refractivity contribution in [3.63, 3.8) is 0 Å². The van der Waals surface area contributed by atoms with Crippen LogP contribution in [0.4, 0.5) is 5.69 Å². The summed E-state index contributed by atoms with van der Waals surface area (Å²) in [5, 5.41) is 11.0. The van der Waals surface area contributed by atoms with Gasteiger partial charge in [-0.3, -0.25) is 10.1 Å². The van der Waals surface area contributed by atoms with Gasteiger partial charge in [-0.2, -0.15) is 0 Å². The van der Waals surface area contributed by atoms with Crippen LogP contribution in [-0.4, -0.2) is 22.5 Å². The number of esters is 1. The van der Waals surface area contributed by atoms with Gasteiger partial charge in [0.2, 0.25) is 0 Å². The number of hydrogen-bond donors (Lipinski definition) is 1. The van der Waals surface area contributed by atoms with Crippen LogP contribution in [0.25, 0.3) is 0 Å². The summed E-state index contributed by atoms with van der Waals surface area (Å²) in [6.45, 7) is 1.85. The van der Waals surface area contributed by atoms with Crippen molar-refractivity contribution in [1.82, 2.24) is 4.98 Å². The van der Waals surface area contributed by atoms with E-state index in [1.807, 2.05) is 0 Å². The minimum Gasteiger partial charge on any atom is -0.456 e. The van der Waals surface area contributed by atoms with E-state index in [9.17, 15) is 14.9 Å². The van der Waals surface area contributed by atoms with Gasteiger partial charge in [-0.15, -0.1) is 0 Å². The number of imidazole rings is 1. The highest BCUT2D eigenvalue weighted by molar-refractivity contribution is 5.83. The molecule has 0 aliphatic heterocycles. The van der Waals surface area contributed by atoms with E-state index in [0.717, 1.165) is 0 Å². The van der Waals surface area contributed by atoms with Gasteiger partial charge in [0, 0.05) is 17.5 Å². The van der Waals surface area contributed by atoms with E-state index >= 15 is 0 Å². The molecule has 0 saturated heterocycles. The molecule has 0 aliphatic carbocycles. The number of benzene rings is 1. The van der Waals surface area contributed by atoms with Gasteiger partial charge in [-0.1, -0.05) is 25.1 Å². The third-order valence-electron chi connectivity index (χ3n) is 3.19. The van der Waals surface area contributed by atoms with Crippen LogP contribution in [0.5, 0.6) is 0 Å². The zero-order valence-electron chi connectivity index (χ0n) is 11.8. The number of nitro groups is 1. The predicted octanol–water partition coefficient (Wildman–Crippen LogP) is 1.71. The fraction of sp³-hybridized carbons (Fsp3) is 0.286. The number of aromatic amines is 1. The summed E-state index contributed by atoms with van der Waals surface area (Å²) in [6, 6.07) is 6.45. The Labute approximate surface area is 121 Å². The molecule has 7 heteroatoms. The second-order valence-corrected chi connectivity index (χ2v) is 4.74. The number of hydrogen-bond acceptors (Lipinski definition) is 4. The van der Waals surface area contributed by atoms with E-state index in [0.29, 0.717) is 11.4 Å². The number of para-hydroxylation sites is 1. The van der Waals surface area contributed by atoms with Gasteiger partial charge in [-0.05, 0) is 0 Å². The maximum atomic E-state index is 11.9. The zero-order chi connectivity index (χ0) is 15.4. The summed E-state index contributed by atoms with van der Waals surface area (Å²) in [6.07, 6.45) is 3.32. The lowest BCUT2D eigenvalue weighted by Crippen LogP contribution is -2.34. The summed E-state index contributed by atoms with van der Waals surface area (Å²) in [7, 11) is 1.72. The van der Waals surface area contributed by atoms with Gasteiger partial charge in [0.05, 0.1) is 18.6 Å². The summed E-state index contributed by atoms with van der Waals surface area (Å²) in [5.41, 5.74) is 0.581. The third-order valence-corrected chi connectivity index (χ3v) is 3.19. The van der Waals surface area contributed by atoms with Gasteiger partial charge in [0.1, 0.15) is 12.4 Å². The van der Waals surface area contributed by atoms with E-state index in [-0.39, 0.29) is 18.2 Å². The van der Waals surface area contributed by atoms with E-state index in [4.69, 9.17) is 4.74 Å². The Kier molecular flexibility index (Phi) is 4.32. The Bertz CT molecular complexity index is 666. The maximum absolute atomic E-state index is 11.9. The molecule has 7 nitrogen and oxygen atoms in total. The first-order valence-electron chi connectivity index (χ1n) is 6.44. The van der Waals surface area contributed by atoms with Crippen molar-refractivity contribution < 1.29 is 19.0 Å². The normalized spacial score (nSPS) is 11.9. The Balaban J connectivity index is 2.06. The van der Waals surface area contributed by atoms with Crippen molar-refractivity contribution in [1.29, 1.82) is 0 Å². The highest BCUT2D eigenvalue weighted by Gasteiger charge is 2.23. The van der Waals surface area contributed by atoms with Crippen LogP contribution in [0.15, 0.2) is 36.7 Å². The largest absolute Gasteiger partial charge is 0.456 e. The number of carbonyl (C=O) groups is 1. The number of aryl methyl sites for hydroxylation is 1. The van der Waals surface area contributed by atoms with Crippen molar-refractivity contribution >= 4 is 11.7 Å². The van der Waals surface area contributed by atoms with Gasteiger partial charge in [0.25, 0.3) is 5.69 Å². The Hall–Kier alpha value is -2.70. The molecular weight excluding hydrogens is 274 g/mol. The standard InChI is InChI=1S/C14H15N3O4/c1-10(11-5-3-4-6-12(11)17(19)20)9-21-14(18)13-15-7-8-16(13)2/h3-8,10H,9H2,1-2H3/p+1. The van der Waals surface area contributed by atoms with Gasteiger partial charge < -0.3 is 4.74 Å². The van der Waals surface area contributed by atoms with Crippen molar-refractivity contribution in [2.45, 2.75) is 12.8 Å². The van der Waals surface area contributed by atoms with Gasteiger partial charge in [0.15, 0.2) is 0 Å². The fourth-order valence-corrected chi connectivity index (χ4v) is 2.04. The molecule has 0 aliphatic rings. The number of H-pyrrole nitrogens is 1. The van der Waals surface area contributed by atoms with Crippen molar-refractivity contribution in [2.24, 2.45) is 7.05 Å². The second kappa shape index (κ2) is 6.17. The molecule has 0 bridgehead atoms. The molecule has 0 radical (unpaired) electrons. The number of rotatable bonds is 5. The molecule has 1 unspecified atom stereocenters. The van der Waals surface area contributed by atoms with Crippen molar-refractivity contribution in [2.75, 3.05) is 6.61 Å². The fourth-order valence-electron chi connectivity index (χ4n) is 2.04. The Morgan fingerprint density at radius 3 is 2.81 bits per heavy atom. The van der Waals surface area contributed by atoms with Gasteiger partial charge in [-0.25, -0.2) is 14.3 Å². The molecule has 0 amide bonds. The van der Waals surface area contributed by atoms with Crippen LogP contribution in [0, 0.1) is 10.1 Å². The van der Waals surface area contributed by atoms with E-state index in [1.54, 1.807) is 49.1 Å². The van der Waals surface area contributed by atoms with Crippen molar-refractivity contribution in [3.05, 3.63) is 58.2 Å². The Morgan fingerprint density at radius 2 is 2.19 bits per heavy atom. The summed E-state index contributed by atoms with van der Waals surface area (Å²) < 4.78 is 6.81. The lowest BCUT2D eigenvalue weighted by molar-refractivity contribution is -0.672. The highest BCUT2D eigenvalue weighted by Crippen LogP contribution is 2.26. The van der Waals surface area contributed by atoms with E-state index in [1.165, 1.54) is 6.07 Å². The van der Waals surface area contributed by atoms with E-state index in [2.05, 4.69) is 4.98 Å². The third kappa shape index (κ3) is 3.25. The first-order valence-corrected chi connectivity index (χ1v) is 6.44. The second-order valence-electron chi connectivity index (χ2n) is 4.74. The highest BCUT2D eigenvalue weighted by atomic mass is 16.6. The molecule has 110 valence electrons. The maximum Gasteiger partial charge on any atom is 0.421 e. The molecule has 2 rings (SSSR count). The molecule has 1 aromatic heterocycles. The topological polar surface area (TPSA) is 89.1 Å². The smallest absolute Gasteiger partial charge is 0.421 e. The summed E-state index contributed by atoms with van der Waals surface area (Å²) >= 11 is 0. The minimum absolute atomic E-state index is 0.0338. The number of nitro benzene ring substituents is 1. The van der Waals surface area contributed by atoms with Crippen LogP contribution in [-0.2, 0) is 11.8 Å². The van der Waals surface area contributed by atoms with Crippen LogP contribution in [0.1, 0.15) is 29.0 Å². The molecule has 2 aromatic rings. The molecular formula is C14H16N3O4+. The monoisotopic (exact) mass is 290 g/mol. The number of nitrogens with one attached hydrogen (secondary N) is 1. The zero-order valence-corrected chi connectivity index (χ0v) is 11.8. The van der Waals surface area contributed by atoms with Crippen LogP contribution >= 0.6 is 0 Å². The van der Waals surface area contributed by atoms with Crippen molar-refractivity contribution in [3.8, 4) is 0 Å². The first kappa shape index (κ1) is 14.7. The molecule has 0 fully saturated rings. The minimum atomic E-state index is -0.493. The molecule has 1 atom stereocenters.